The Morgan fingerprint density at radius 3 is 2.95 bits per heavy atom. The predicted molar refractivity (Wildman–Crippen MR) is 88.0 cm³/mol. The van der Waals surface area contributed by atoms with Crippen LogP contribution in [-0.4, -0.2) is 29.0 Å². The third-order valence-electron chi connectivity index (χ3n) is 4.15. The van der Waals surface area contributed by atoms with Gasteiger partial charge in [0.25, 0.3) is 0 Å². The van der Waals surface area contributed by atoms with Crippen molar-refractivity contribution >= 4 is 16.5 Å². The standard InChI is InChI=1S/C16H28N3S/c1-3-5-6-7-11-19(10-4-2)13-8-9-14-15(12-13)20-16(17)18-14/h13H,1,3-12H2,2H3,(H2,17,18)/t13-/m0/s1. The Hall–Kier alpha value is -0.610. The van der Waals surface area contributed by atoms with E-state index in [4.69, 9.17) is 5.73 Å². The van der Waals surface area contributed by atoms with Crippen LogP contribution in [0.5, 0.6) is 0 Å². The van der Waals surface area contributed by atoms with Gasteiger partial charge in [0.2, 0.25) is 0 Å². The van der Waals surface area contributed by atoms with Gasteiger partial charge in [-0.25, -0.2) is 4.98 Å². The summed E-state index contributed by atoms with van der Waals surface area (Å²) in [5, 5.41) is 0.744. The van der Waals surface area contributed by atoms with Crippen LogP contribution in [0.1, 0.15) is 56.0 Å². The molecule has 113 valence electrons. The van der Waals surface area contributed by atoms with Gasteiger partial charge in [-0.3, -0.25) is 0 Å². The van der Waals surface area contributed by atoms with Crippen LogP contribution in [0.3, 0.4) is 0 Å². The van der Waals surface area contributed by atoms with E-state index < -0.39 is 0 Å². The van der Waals surface area contributed by atoms with Gasteiger partial charge >= 0.3 is 0 Å². The average molecular weight is 294 g/mol. The molecule has 0 saturated heterocycles. The Labute approximate surface area is 127 Å². The van der Waals surface area contributed by atoms with E-state index in [0.717, 1.165) is 24.4 Å². The maximum atomic E-state index is 5.84. The van der Waals surface area contributed by atoms with E-state index in [1.165, 1.54) is 55.8 Å². The normalized spacial score (nSPS) is 18.4. The van der Waals surface area contributed by atoms with Gasteiger partial charge in [-0.2, -0.15) is 0 Å². The highest BCUT2D eigenvalue weighted by Gasteiger charge is 2.26. The molecule has 3 nitrogen and oxygen atoms in total. The number of aryl methyl sites for hydroxylation is 1. The van der Waals surface area contributed by atoms with E-state index in [1.807, 2.05) is 0 Å². The molecular formula is C16H28N3S. The molecule has 1 aromatic heterocycles. The third kappa shape index (κ3) is 4.19. The smallest absolute Gasteiger partial charge is 0.180 e. The van der Waals surface area contributed by atoms with Crippen LogP contribution in [0.15, 0.2) is 0 Å². The largest absolute Gasteiger partial charge is 0.375 e. The Bertz CT molecular complexity index is 402. The lowest BCUT2D eigenvalue weighted by molar-refractivity contribution is 0.176. The quantitative estimate of drug-likeness (QED) is 0.744. The topological polar surface area (TPSA) is 42.2 Å². The molecule has 0 saturated carbocycles. The number of nitrogen functional groups attached to an aromatic ring is 1. The number of rotatable bonds is 8. The number of aromatic nitrogens is 1. The third-order valence-corrected chi connectivity index (χ3v) is 5.10. The highest BCUT2D eigenvalue weighted by Crippen LogP contribution is 2.30. The van der Waals surface area contributed by atoms with Crippen molar-refractivity contribution in [2.75, 3.05) is 18.8 Å². The predicted octanol–water partition coefficient (Wildman–Crippen LogP) is 3.69. The Balaban J connectivity index is 1.89. The monoisotopic (exact) mass is 294 g/mol. The summed E-state index contributed by atoms with van der Waals surface area (Å²) in [6.07, 6.45) is 9.70. The number of nitrogens with two attached hydrogens (primary N) is 1. The molecule has 1 aliphatic rings. The van der Waals surface area contributed by atoms with Crippen LogP contribution in [0.25, 0.3) is 0 Å². The molecule has 0 spiro atoms. The van der Waals surface area contributed by atoms with Crippen LogP contribution in [0.4, 0.5) is 5.13 Å². The first-order valence-electron chi connectivity index (χ1n) is 8.02. The van der Waals surface area contributed by atoms with E-state index in [9.17, 15) is 0 Å². The van der Waals surface area contributed by atoms with Crippen LogP contribution < -0.4 is 5.73 Å². The van der Waals surface area contributed by atoms with Crippen LogP contribution in [0.2, 0.25) is 0 Å². The first-order chi connectivity index (χ1) is 9.74. The summed E-state index contributed by atoms with van der Waals surface area (Å²) in [6.45, 7) is 8.66. The van der Waals surface area contributed by atoms with Crippen molar-refractivity contribution in [3.63, 3.8) is 0 Å². The van der Waals surface area contributed by atoms with Crippen LogP contribution in [0, 0.1) is 6.92 Å². The minimum absolute atomic E-state index is 0.696. The number of anilines is 1. The number of hydrogen-bond acceptors (Lipinski definition) is 4. The van der Waals surface area contributed by atoms with Crippen molar-refractivity contribution in [2.24, 2.45) is 0 Å². The Morgan fingerprint density at radius 2 is 2.20 bits per heavy atom. The van der Waals surface area contributed by atoms with Gasteiger partial charge in [0.15, 0.2) is 5.13 Å². The highest BCUT2D eigenvalue weighted by molar-refractivity contribution is 7.15. The lowest BCUT2D eigenvalue weighted by atomic mass is 9.95. The molecule has 0 aliphatic heterocycles. The van der Waals surface area contributed by atoms with Crippen molar-refractivity contribution in [1.29, 1.82) is 0 Å². The minimum atomic E-state index is 0.696. The zero-order valence-corrected chi connectivity index (χ0v) is 13.6. The van der Waals surface area contributed by atoms with Crippen LogP contribution >= 0.6 is 11.3 Å². The molecule has 0 fully saturated rings. The van der Waals surface area contributed by atoms with Gasteiger partial charge in [0.05, 0.1) is 5.69 Å². The number of hydrogen-bond donors (Lipinski definition) is 1. The van der Waals surface area contributed by atoms with Gasteiger partial charge in [-0.15, -0.1) is 11.3 Å². The van der Waals surface area contributed by atoms with Crippen molar-refractivity contribution in [3.05, 3.63) is 17.5 Å². The molecule has 1 heterocycles. The number of unbranched alkanes of at least 4 members (excludes halogenated alkanes) is 3. The second-order valence-electron chi connectivity index (χ2n) is 5.77. The minimum Gasteiger partial charge on any atom is -0.375 e. The SMILES string of the molecule is [CH2]CCCCCN(CCC)[C@H]1CCc2nc(N)sc2C1. The lowest BCUT2D eigenvalue weighted by Gasteiger charge is -2.33. The van der Waals surface area contributed by atoms with Gasteiger partial charge < -0.3 is 10.6 Å². The summed E-state index contributed by atoms with van der Waals surface area (Å²) in [5.74, 6) is 0. The first kappa shape index (κ1) is 15.8. The zero-order chi connectivity index (χ0) is 14.4. The summed E-state index contributed by atoms with van der Waals surface area (Å²) < 4.78 is 0. The second-order valence-corrected chi connectivity index (χ2v) is 6.88. The molecule has 0 unspecified atom stereocenters. The summed E-state index contributed by atoms with van der Waals surface area (Å²) in [6, 6.07) is 0.696. The molecule has 0 bridgehead atoms. The van der Waals surface area contributed by atoms with Crippen LogP contribution in [-0.2, 0) is 12.8 Å². The molecule has 2 N–H and O–H groups in total. The van der Waals surface area contributed by atoms with E-state index in [-0.39, 0.29) is 0 Å². The molecule has 4 heteroatoms. The van der Waals surface area contributed by atoms with Crippen molar-refractivity contribution in [2.45, 2.75) is 64.3 Å². The number of nitrogens with zero attached hydrogens (tertiary/aromatic N) is 2. The Morgan fingerprint density at radius 1 is 1.35 bits per heavy atom. The first-order valence-corrected chi connectivity index (χ1v) is 8.83. The van der Waals surface area contributed by atoms with Gasteiger partial charge in [0, 0.05) is 10.9 Å². The summed E-state index contributed by atoms with van der Waals surface area (Å²) in [5.41, 5.74) is 7.10. The number of thiazole rings is 1. The van der Waals surface area contributed by atoms with Gasteiger partial charge in [-0.1, -0.05) is 33.1 Å². The Kier molecular flexibility index (Phi) is 6.30. The molecule has 1 aliphatic carbocycles. The van der Waals surface area contributed by atoms with E-state index in [0.29, 0.717) is 6.04 Å². The molecule has 1 aromatic rings. The summed E-state index contributed by atoms with van der Waals surface area (Å²) >= 11 is 1.69. The molecule has 1 atom stereocenters. The molecular weight excluding hydrogens is 266 g/mol. The fourth-order valence-electron chi connectivity index (χ4n) is 3.12. The number of fused-ring (bicyclic) bond motifs is 1. The maximum Gasteiger partial charge on any atom is 0.180 e. The molecule has 2 rings (SSSR count). The van der Waals surface area contributed by atoms with E-state index in [1.54, 1.807) is 11.3 Å². The van der Waals surface area contributed by atoms with Crippen molar-refractivity contribution in [3.8, 4) is 0 Å². The fourth-order valence-corrected chi connectivity index (χ4v) is 4.07. The fraction of sp³-hybridized carbons (Fsp3) is 0.750. The molecule has 20 heavy (non-hydrogen) atoms. The van der Waals surface area contributed by atoms with Crippen molar-refractivity contribution < 1.29 is 0 Å². The molecule has 0 amide bonds. The summed E-state index contributed by atoms with van der Waals surface area (Å²) in [4.78, 5) is 8.57. The second kappa shape index (κ2) is 7.99. The lowest BCUT2D eigenvalue weighted by Crippen LogP contribution is -2.40. The molecule has 1 radical (unpaired) electrons. The van der Waals surface area contributed by atoms with E-state index >= 15 is 0 Å². The van der Waals surface area contributed by atoms with Gasteiger partial charge in [0.1, 0.15) is 0 Å². The average Bonchev–Trinajstić information content (AvgIpc) is 2.81. The highest BCUT2D eigenvalue weighted by atomic mass is 32.1. The maximum absolute atomic E-state index is 5.84. The summed E-state index contributed by atoms with van der Waals surface area (Å²) in [7, 11) is 0. The molecule has 0 aromatic carbocycles. The zero-order valence-electron chi connectivity index (χ0n) is 12.7. The van der Waals surface area contributed by atoms with Gasteiger partial charge in [-0.05, 0) is 45.2 Å². The van der Waals surface area contributed by atoms with Crippen molar-refractivity contribution in [1.82, 2.24) is 9.88 Å². The van der Waals surface area contributed by atoms with E-state index in [2.05, 4.69) is 23.7 Å².